The number of benzene rings is 1. The van der Waals surface area contributed by atoms with Crippen LogP contribution in [0.25, 0.3) is 11.5 Å². The van der Waals surface area contributed by atoms with Gasteiger partial charge < -0.3 is 14.0 Å². The van der Waals surface area contributed by atoms with Crippen LogP contribution in [-0.4, -0.2) is 23.4 Å². The first kappa shape index (κ1) is 16.6. The van der Waals surface area contributed by atoms with Crippen LogP contribution in [0.3, 0.4) is 0 Å². The van der Waals surface area contributed by atoms with E-state index in [4.69, 9.17) is 19.3 Å². The van der Waals surface area contributed by atoms with Gasteiger partial charge in [-0.2, -0.15) is 5.26 Å². The minimum absolute atomic E-state index is 0.0374. The first-order valence-corrected chi connectivity index (χ1v) is 6.82. The van der Waals surface area contributed by atoms with Crippen LogP contribution in [0.4, 0.5) is 4.39 Å². The highest BCUT2D eigenvalue weighted by atomic mass is 19.1. The van der Waals surface area contributed by atoms with Gasteiger partial charge in [0.1, 0.15) is 29.4 Å². The molecule has 6 nitrogen and oxygen atoms in total. The molecular weight excluding hydrogens is 301 g/mol. The van der Waals surface area contributed by atoms with Crippen molar-refractivity contribution in [1.82, 2.24) is 4.98 Å². The molecule has 1 aromatic carbocycles. The van der Waals surface area contributed by atoms with Gasteiger partial charge in [0.2, 0.25) is 5.89 Å². The predicted molar refractivity (Wildman–Crippen MR) is 80.8 cm³/mol. The van der Waals surface area contributed by atoms with Gasteiger partial charge in [-0.1, -0.05) is 5.16 Å². The Bertz CT molecular complexity index is 730. The highest BCUT2D eigenvalue weighted by Crippen LogP contribution is 2.19. The molecular formula is C16H16FN3O3. The second-order valence-corrected chi connectivity index (χ2v) is 5.19. The van der Waals surface area contributed by atoms with Gasteiger partial charge in [-0.15, -0.1) is 0 Å². The standard InChI is InChI=1S/C16H16FN3O3/c1-16(2,21-3)14(8-18)20-23-10-13-9-22-15(19-13)11-4-6-12(17)7-5-11/h4-7,9H,10H2,1-3H3/b20-14-. The molecule has 1 aromatic heterocycles. The first-order chi connectivity index (χ1) is 11.0. The molecule has 120 valence electrons. The fourth-order valence-corrected chi connectivity index (χ4v) is 1.62. The summed E-state index contributed by atoms with van der Waals surface area (Å²) >= 11 is 0. The van der Waals surface area contributed by atoms with Gasteiger partial charge in [-0.3, -0.25) is 0 Å². The second-order valence-electron chi connectivity index (χ2n) is 5.19. The summed E-state index contributed by atoms with van der Waals surface area (Å²) in [4.78, 5) is 9.35. The number of ether oxygens (including phenoxy) is 1. The van der Waals surface area contributed by atoms with Crippen LogP contribution < -0.4 is 0 Å². The molecule has 7 heteroatoms. The summed E-state index contributed by atoms with van der Waals surface area (Å²) in [5.41, 5.74) is 0.430. The lowest BCUT2D eigenvalue weighted by Crippen LogP contribution is -2.33. The molecule has 0 aliphatic carbocycles. The van der Waals surface area contributed by atoms with Crippen molar-refractivity contribution >= 4 is 5.71 Å². The van der Waals surface area contributed by atoms with Gasteiger partial charge in [0.15, 0.2) is 12.3 Å². The number of aromatic nitrogens is 1. The SMILES string of the molecule is COC(C)(C)/C(C#N)=N\OCc1coc(-c2ccc(F)cc2)n1. The molecule has 0 unspecified atom stereocenters. The number of nitriles is 1. The molecule has 0 atom stereocenters. The van der Waals surface area contributed by atoms with E-state index in [2.05, 4.69) is 10.1 Å². The Kier molecular flexibility index (Phi) is 5.09. The van der Waals surface area contributed by atoms with Crippen LogP contribution in [0, 0.1) is 17.1 Å². The summed E-state index contributed by atoms with van der Waals surface area (Å²) in [6.45, 7) is 3.46. The van der Waals surface area contributed by atoms with Crippen molar-refractivity contribution in [3.05, 3.63) is 42.0 Å². The second kappa shape index (κ2) is 7.03. The van der Waals surface area contributed by atoms with E-state index in [-0.39, 0.29) is 18.1 Å². The third-order valence-electron chi connectivity index (χ3n) is 3.20. The number of hydrogen-bond acceptors (Lipinski definition) is 6. The molecule has 1 heterocycles. The van der Waals surface area contributed by atoms with Crippen LogP contribution >= 0.6 is 0 Å². The highest BCUT2D eigenvalue weighted by molar-refractivity contribution is 6.04. The molecule has 0 fully saturated rings. The number of hydrogen-bond donors (Lipinski definition) is 0. The lowest BCUT2D eigenvalue weighted by Gasteiger charge is -2.19. The zero-order valence-corrected chi connectivity index (χ0v) is 13.0. The lowest BCUT2D eigenvalue weighted by atomic mass is 10.0. The maximum atomic E-state index is 12.9. The average Bonchev–Trinajstić information content (AvgIpc) is 3.01. The van der Waals surface area contributed by atoms with Crippen LogP contribution in [0.15, 0.2) is 40.1 Å². The van der Waals surface area contributed by atoms with Crippen molar-refractivity contribution in [2.75, 3.05) is 7.11 Å². The van der Waals surface area contributed by atoms with E-state index in [1.807, 2.05) is 6.07 Å². The topological polar surface area (TPSA) is 80.6 Å². The van der Waals surface area contributed by atoms with E-state index >= 15 is 0 Å². The van der Waals surface area contributed by atoms with Crippen molar-refractivity contribution in [3.63, 3.8) is 0 Å². The smallest absolute Gasteiger partial charge is 0.226 e. The van der Waals surface area contributed by atoms with Crippen molar-refractivity contribution in [2.45, 2.75) is 26.1 Å². The van der Waals surface area contributed by atoms with Crippen LogP contribution in [0.2, 0.25) is 0 Å². The van der Waals surface area contributed by atoms with Crippen LogP contribution in [-0.2, 0) is 16.2 Å². The van der Waals surface area contributed by atoms with E-state index < -0.39 is 5.60 Å². The Balaban J connectivity index is 2.03. The normalized spacial score (nSPS) is 12.0. The average molecular weight is 317 g/mol. The van der Waals surface area contributed by atoms with E-state index in [0.29, 0.717) is 17.1 Å². The van der Waals surface area contributed by atoms with Gasteiger partial charge in [0.05, 0.1) is 0 Å². The summed E-state index contributed by atoms with van der Waals surface area (Å²) in [5.74, 6) is 0.0216. The summed E-state index contributed by atoms with van der Waals surface area (Å²) in [6, 6.07) is 7.72. The lowest BCUT2D eigenvalue weighted by molar-refractivity contribution is 0.0720. The third kappa shape index (κ3) is 4.14. The van der Waals surface area contributed by atoms with Gasteiger partial charge in [0.25, 0.3) is 0 Å². The van der Waals surface area contributed by atoms with Gasteiger partial charge >= 0.3 is 0 Å². The molecule has 0 saturated carbocycles. The molecule has 0 radical (unpaired) electrons. The van der Waals surface area contributed by atoms with E-state index in [0.717, 1.165) is 0 Å². The predicted octanol–water partition coefficient (Wildman–Crippen LogP) is 3.30. The third-order valence-corrected chi connectivity index (χ3v) is 3.20. The summed E-state index contributed by atoms with van der Waals surface area (Å²) in [7, 11) is 1.49. The van der Waals surface area contributed by atoms with E-state index in [1.54, 1.807) is 26.0 Å². The van der Waals surface area contributed by atoms with E-state index in [9.17, 15) is 4.39 Å². The van der Waals surface area contributed by atoms with Crippen molar-refractivity contribution < 1.29 is 18.4 Å². The Labute approximate surface area is 133 Å². The first-order valence-electron chi connectivity index (χ1n) is 6.82. The van der Waals surface area contributed by atoms with Gasteiger partial charge in [-0.25, -0.2) is 9.37 Å². The Morgan fingerprint density at radius 3 is 2.70 bits per heavy atom. The van der Waals surface area contributed by atoms with Gasteiger partial charge in [0, 0.05) is 12.7 Å². The molecule has 2 rings (SSSR count). The summed E-state index contributed by atoms with van der Waals surface area (Å²) in [6.07, 6.45) is 1.42. The zero-order chi connectivity index (χ0) is 16.9. The fourth-order valence-electron chi connectivity index (χ4n) is 1.62. The largest absolute Gasteiger partial charge is 0.444 e. The van der Waals surface area contributed by atoms with E-state index in [1.165, 1.54) is 25.5 Å². The zero-order valence-electron chi connectivity index (χ0n) is 13.0. The van der Waals surface area contributed by atoms with Crippen molar-refractivity contribution in [3.8, 4) is 17.5 Å². The molecule has 0 bridgehead atoms. The Morgan fingerprint density at radius 1 is 1.39 bits per heavy atom. The fraction of sp³-hybridized carbons (Fsp3) is 0.312. The number of oxazole rings is 1. The Morgan fingerprint density at radius 2 is 2.09 bits per heavy atom. The summed E-state index contributed by atoms with van der Waals surface area (Å²) < 4.78 is 23.4. The molecule has 0 N–H and O–H groups in total. The Hall–Kier alpha value is -2.72. The minimum atomic E-state index is -0.835. The maximum Gasteiger partial charge on any atom is 0.226 e. The molecule has 2 aromatic rings. The van der Waals surface area contributed by atoms with Crippen molar-refractivity contribution in [2.24, 2.45) is 5.16 Å². The highest BCUT2D eigenvalue weighted by Gasteiger charge is 2.25. The van der Waals surface area contributed by atoms with Crippen LogP contribution in [0.1, 0.15) is 19.5 Å². The molecule has 0 aliphatic rings. The van der Waals surface area contributed by atoms with Crippen LogP contribution in [0.5, 0.6) is 0 Å². The molecule has 0 spiro atoms. The number of nitrogens with zero attached hydrogens (tertiary/aromatic N) is 3. The van der Waals surface area contributed by atoms with Gasteiger partial charge in [-0.05, 0) is 38.1 Å². The number of rotatable bonds is 6. The number of oxime groups is 1. The molecule has 23 heavy (non-hydrogen) atoms. The number of methoxy groups -OCH3 is 1. The summed E-state index contributed by atoms with van der Waals surface area (Å²) in [5, 5.41) is 12.8. The maximum absolute atomic E-state index is 12.9. The molecule has 0 saturated heterocycles. The van der Waals surface area contributed by atoms with Crippen molar-refractivity contribution in [1.29, 1.82) is 5.26 Å². The monoisotopic (exact) mass is 317 g/mol. The number of halogens is 1. The minimum Gasteiger partial charge on any atom is -0.444 e. The quantitative estimate of drug-likeness (QED) is 0.603. The molecule has 0 aliphatic heterocycles. The molecule has 0 amide bonds.